The Morgan fingerprint density at radius 1 is 1.12 bits per heavy atom. The fourth-order valence-electron chi connectivity index (χ4n) is 2.94. The predicted molar refractivity (Wildman–Crippen MR) is 73.9 cm³/mol. The summed E-state index contributed by atoms with van der Waals surface area (Å²) >= 11 is 0. The topological polar surface area (TPSA) is 12.0 Å². The Labute approximate surface area is 106 Å². The molecule has 0 aromatic heterocycles. The van der Waals surface area contributed by atoms with Crippen molar-refractivity contribution in [2.45, 2.75) is 45.6 Å². The third kappa shape index (κ3) is 4.16. The largest absolute Gasteiger partial charge is 0.313 e. The van der Waals surface area contributed by atoms with Crippen molar-refractivity contribution in [1.82, 2.24) is 5.32 Å². The Morgan fingerprint density at radius 3 is 2.65 bits per heavy atom. The van der Waals surface area contributed by atoms with Crippen LogP contribution in [0.1, 0.15) is 44.6 Å². The van der Waals surface area contributed by atoms with Gasteiger partial charge in [-0.1, -0.05) is 62.9 Å². The van der Waals surface area contributed by atoms with E-state index in [0.29, 0.717) is 0 Å². The molecule has 17 heavy (non-hydrogen) atoms. The zero-order chi connectivity index (χ0) is 11.9. The van der Waals surface area contributed by atoms with E-state index in [9.17, 15) is 0 Å². The zero-order valence-corrected chi connectivity index (χ0v) is 11.0. The highest BCUT2D eigenvalue weighted by Gasteiger charge is 2.20. The minimum Gasteiger partial charge on any atom is -0.313 e. The van der Waals surface area contributed by atoms with Crippen molar-refractivity contribution in [3.63, 3.8) is 0 Å². The van der Waals surface area contributed by atoms with Crippen LogP contribution >= 0.6 is 0 Å². The summed E-state index contributed by atoms with van der Waals surface area (Å²) in [6, 6.07) is 10.7. The van der Waals surface area contributed by atoms with Crippen molar-refractivity contribution in [2.24, 2.45) is 11.8 Å². The summed E-state index contributed by atoms with van der Waals surface area (Å²) in [5.74, 6) is 1.91. The normalized spacial score (nSPS) is 24.8. The standard InChI is InChI=1S/C16H25N/c1-14-7-5-6-10-16(14)11-12-17-13-15-8-3-2-4-9-15/h2-4,8-9,14,16-17H,5-7,10-13H2,1H3. The molecular formula is C16H25N. The molecule has 1 saturated carbocycles. The van der Waals surface area contributed by atoms with Gasteiger partial charge in [0.25, 0.3) is 0 Å². The van der Waals surface area contributed by atoms with Gasteiger partial charge in [-0.25, -0.2) is 0 Å². The summed E-state index contributed by atoms with van der Waals surface area (Å²) in [4.78, 5) is 0. The maximum absolute atomic E-state index is 3.57. The number of hydrogen-bond donors (Lipinski definition) is 1. The lowest BCUT2D eigenvalue weighted by molar-refractivity contribution is 0.240. The summed E-state index contributed by atoms with van der Waals surface area (Å²) in [6.07, 6.45) is 7.16. The van der Waals surface area contributed by atoms with Gasteiger partial charge in [-0.3, -0.25) is 0 Å². The fourth-order valence-corrected chi connectivity index (χ4v) is 2.94. The molecule has 0 amide bonds. The zero-order valence-electron chi connectivity index (χ0n) is 11.0. The van der Waals surface area contributed by atoms with E-state index >= 15 is 0 Å². The van der Waals surface area contributed by atoms with E-state index in [-0.39, 0.29) is 0 Å². The lowest BCUT2D eigenvalue weighted by atomic mass is 9.79. The number of benzene rings is 1. The number of hydrogen-bond acceptors (Lipinski definition) is 1. The van der Waals surface area contributed by atoms with E-state index in [1.807, 2.05) is 0 Å². The van der Waals surface area contributed by atoms with Crippen molar-refractivity contribution >= 4 is 0 Å². The monoisotopic (exact) mass is 231 g/mol. The predicted octanol–water partition coefficient (Wildman–Crippen LogP) is 3.99. The van der Waals surface area contributed by atoms with E-state index in [1.54, 1.807) is 0 Å². The molecule has 1 nitrogen and oxygen atoms in total. The van der Waals surface area contributed by atoms with Crippen molar-refractivity contribution in [3.05, 3.63) is 35.9 Å². The van der Waals surface area contributed by atoms with Crippen LogP contribution in [0.3, 0.4) is 0 Å². The van der Waals surface area contributed by atoms with Crippen LogP contribution in [0.5, 0.6) is 0 Å². The molecule has 1 aromatic rings. The second kappa shape index (κ2) is 6.80. The van der Waals surface area contributed by atoms with Gasteiger partial charge in [0.15, 0.2) is 0 Å². The van der Waals surface area contributed by atoms with Gasteiger partial charge in [-0.05, 0) is 30.4 Å². The van der Waals surface area contributed by atoms with Gasteiger partial charge in [0.05, 0.1) is 0 Å². The minimum absolute atomic E-state index is 0.947. The Morgan fingerprint density at radius 2 is 1.88 bits per heavy atom. The van der Waals surface area contributed by atoms with E-state index in [0.717, 1.165) is 18.4 Å². The molecule has 1 aliphatic carbocycles. The van der Waals surface area contributed by atoms with E-state index in [1.165, 1.54) is 44.2 Å². The third-order valence-electron chi connectivity index (χ3n) is 4.15. The molecule has 1 heteroatoms. The Bertz CT molecular complexity index is 307. The average molecular weight is 231 g/mol. The van der Waals surface area contributed by atoms with Crippen LogP contribution in [0.4, 0.5) is 0 Å². The van der Waals surface area contributed by atoms with Gasteiger partial charge in [0, 0.05) is 6.54 Å². The van der Waals surface area contributed by atoms with Gasteiger partial charge in [0.2, 0.25) is 0 Å². The van der Waals surface area contributed by atoms with Gasteiger partial charge in [0.1, 0.15) is 0 Å². The molecule has 1 fully saturated rings. The molecule has 0 saturated heterocycles. The first-order valence-electron chi connectivity index (χ1n) is 7.11. The molecule has 2 unspecified atom stereocenters. The van der Waals surface area contributed by atoms with Crippen molar-refractivity contribution in [1.29, 1.82) is 0 Å². The number of nitrogens with one attached hydrogen (secondary N) is 1. The highest BCUT2D eigenvalue weighted by atomic mass is 14.8. The van der Waals surface area contributed by atoms with Crippen LogP contribution in [0.15, 0.2) is 30.3 Å². The van der Waals surface area contributed by atoms with Gasteiger partial charge in [-0.15, -0.1) is 0 Å². The van der Waals surface area contributed by atoms with Crippen molar-refractivity contribution < 1.29 is 0 Å². The van der Waals surface area contributed by atoms with Crippen molar-refractivity contribution in [2.75, 3.05) is 6.54 Å². The number of rotatable bonds is 5. The minimum atomic E-state index is 0.947. The van der Waals surface area contributed by atoms with E-state index in [2.05, 4.69) is 42.6 Å². The molecule has 0 spiro atoms. The Hall–Kier alpha value is -0.820. The summed E-state index contributed by atoms with van der Waals surface area (Å²) in [5.41, 5.74) is 1.39. The summed E-state index contributed by atoms with van der Waals surface area (Å²) < 4.78 is 0. The van der Waals surface area contributed by atoms with Crippen LogP contribution in [0, 0.1) is 11.8 Å². The molecule has 2 rings (SSSR count). The average Bonchev–Trinajstić information content (AvgIpc) is 2.38. The molecule has 1 aromatic carbocycles. The lowest BCUT2D eigenvalue weighted by Gasteiger charge is -2.28. The first-order valence-corrected chi connectivity index (χ1v) is 7.11. The molecule has 94 valence electrons. The quantitative estimate of drug-likeness (QED) is 0.755. The molecule has 0 bridgehead atoms. The van der Waals surface area contributed by atoms with Gasteiger partial charge in [-0.2, -0.15) is 0 Å². The Kier molecular flexibility index (Phi) is 5.06. The van der Waals surface area contributed by atoms with E-state index < -0.39 is 0 Å². The maximum atomic E-state index is 3.57. The highest BCUT2D eigenvalue weighted by Crippen LogP contribution is 2.31. The van der Waals surface area contributed by atoms with Gasteiger partial charge >= 0.3 is 0 Å². The van der Waals surface area contributed by atoms with Crippen molar-refractivity contribution in [3.8, 4) is 0 Å². The smallest absolute Gasteiger partial charge is 0.0205 e. The molecule has 2 atom stereocenters. The van der Waals surface area contributed by atoms with Crippen LogP contribution in [0.25, 0.3) is 0 Å². The van der Waals surface area contributed by atoms with E-state index in [4.69, 9.17) is 0 Å². The second-order valence-corrected chi connectivity index (χ2v) is 5.47. The lowest BCUT2D eigenvalue weighted by Crippen LogP contribution is -2.23. The molecule has 0 heterocycles. The maximum Gasteiger partial charge on any atom is 0.0205 e. The summed E-state index contributed by atoms with van der Waals surface area (Å²) in [5, 5.41) is 3.57. The Balaban J connectivity index is 1.63. The fraction of sp³-hybridized carbons (Fsp3) is 0.625. The molecular weight excluding hydrogens is 206 g/mol. The second-order valence-electron chi connectivity index (χ2n) is 5.47. The first-order chi connectivity index (χ1) is 8.36. The summed E-state index contributed by atoms with van der Waals surface area (Å²) in [7, 11) is 0. The molecule has 0 aliphatic heterocycles. The van der Waals surface area contributed by atoms with Crippen LogP contribution in [0.2, 0.25) is 0 Å². The molecule has 1 N–H and O–H groups in total. The molecule has 0 radical (unpaired) electrons. The summed E-state index contributed by atoms with van der Waals surface area (Å²) in [6.45, 7) is 4.62. The van der Waals surface area contributed by atoms with Crippen LogP contribution in [-0.4, -0.2) is 6.54 Å². The first kappa shape index (κ1) is 12.6. The SMILES string of the molecule is CC1CCCCC1CCNCc1ccccc1. The molecule has 1 aliphatic rings. The van der Waals surface area contributed by atoms with Crippen LogP contribution in [-0.2, 0) is 6.54 Å². The van der Waals surface area contributed by atoms with Gasteiger partial charge < -0.3 is 5.32 Å². The highest BCUT2D eigenvalue weighted by molar-refractivity contribution is 5.14. The van der Waals surface area contributed by atoms with Crippen LogP contribution < -0.4 is 5.32 Å². The third-order valence-corrected chi connectivity index (χ3v) is 4.15.